The second-order valence-electron chi connectivity index (χ2n) is 2.33. The quantitative estimate of drug-likeness (QED) is 0.316. The van der Waals surface area contributed by atoms with Gasteiger partial charge in [-0.05, 0) is 12.8 Å². The molecule has 0 amide bonds. The van der Waals surface area contributed by atoms with Crippen LogP contribution in [0.15, 0.2) is 0 Å². The predicted octanol–water partition coefficient (Wildman–Crippen LogP) is -1.73. The maximum absolute atomic E-state index is 11.4. The van der Waals surface area contributed by atoms with Crippen LogP contribution in [0.2, 0.25) is 0 Å². The summed E-state index contributed by atoms with van der Waals surface area (Å²) in [6, 6.07) is 0. The van der Waals surface area contributed by atoms with Gasteiger partial charge < -0.3 is 4.55 Å². The Morgan fingerprint density at radius 3 is 1.92 bits per heavy atom. The minimum Gasteiger partial charge on any atom is -0.748 e. The zero-order valence-corrected chi connectivity index (χ0v) is 7.91. The monoisotopic (exact) mass is 212 g/mol. The molecule has 0 bridgehead atoms. The van der Waals surface area contributed by atoms with Gasteiger partial charge in [0.15, 0.2) is 0 Å². The summed E-state index contributed by atoms with van der Waals surface area (Å²) in [5.41, 5.74) is 0. The molecule has 0 saturated heterocycles. The first-order valence-corrected chi connectivity index (χ1v) is 4.79. The molecule has 0 unspecified atom stereocenters. The summed E-state index contributed by atoms with van der Waals surface area (Å²) in [6.07, 6.45) is -5.86. The van der Waals surface area contributed by atoms with Crippen molar-refractivity contribution in [3.63, 3.8) is 0 Å². The van der Waals surface area contributed by atoms with Crippen LogP contribution in [-0.2, 0) is 10.1 Å². The molecule has 0 aliphatic heterocycles. The fourth-order valence-corrected chi connectivity index (χ4v) is 1.16. The molecule has 0 aliphatic rings. The molecule has 0 fully saturated rings. The number of unbranched alkanes of at least 4 members (excludes halogenated alkanes) is 1. The number of halogens is 3. The largest absolute Gasteiger partial charge is 1.00 e. The zero-order chi connectivity index (χ0) is 9.83. The molecule has 3 nitrogen and oxygen atoms in total. The molecular weight excluding hydrogens is 204 g/mol. The molecule has 0 aromatic rings. The number of rotatable bonds is 4. The SMILES string of the molecule is O=S(=O)([O-])CCCCC(F)(F)F.[Li+]. The summed E-state index contributed by atoms with van der Waals surface area (Å²) in [5, 5.41) is 0. The Balaban J connectivity index is 0. The van der Waals surface area contributed by atoms with Crippen LogP contribution in [0, 0.1) is 0 Å². The Bertz CT molecular complexity index is 224. The van der Waals surface area contributed by atoms with Crippen molar-refractivity contribution in [3.05, 3.63) is 0 Å². The molecular formula is C5H8F3LiO3S. The summed E-state index contributed by atoms with van der Waals surface area (Å²) in [4.78, 5) is 0. The van der Waals surface area contributed by atoms with Gasteiger partial charge in [-0.15, -0.1) is 0 Å². The van der Waals surface area contributed by atoms with Gasteiger partial charge in [-0.25, -0.2) is 8.42 Å². The van der Waals surface area contributed by atoms with E-state index in [1.54, 1.807) is 0 Å². The summed E-state index contributed by atoms with van der Waals surface area (Å²) >= 11 is 0. The number of alkyl halides is 3. The minimum absolute atomic E-state index is 0. The Hall–Kier alpha value is 0.297. The van der Waals surface area contributed by atoms with Gasteiger partial charge in [0.2, 0.25) is 0 Å². The summed E-state index contributed by atoms with van der Waals surface area (Å²) in [5.74, 6) is -0.719. The van der Waals surface area contributed by atoms with Gasteiger partial charge in [0.1, 0.15) is 0 Å². The van der Waals surface area contributed by atoms with E-state index in [0.717, 1.165) is 0 Å². The van der Waals surface area contributed by atoms with Gasteiger partial charge in [0.05, 0.1) is 10.1 Å². The Kier molecular flexibility index (Phi) is 7.16. The third-order valence-electron chi connectivity index (χ3n) is 1.10. The summed E-state index contributed by atoms with van der Waals surface area (Å²) in [7, 11) is -4.36. The Labute approximate surface area is 86.6 Å². The molecule has 0 atom stereocenters. The Morgan fingerprint density at radius 1 is 1.15 bits per heavy atom. The second kappa shape index (κ2) is 5.91. The minimum atomic E-state index is -4.36. The molecule has 0 radical (unpaired) electrons. The summed E-state index contributed by atoms with van der Waals surface area (Å²) in [6.45, 7) is 0. The van der Waals surface area contributed by atoms with Crippen molar-refractivity contribution < 1.29 is 45.0 Å². The van der Waals surface area contributed by atoms with Gasteiger partial charge in [-0.2, -0.15) is 13.2 Å². The van der Waals surface area contributed by atoms with Crippen LogP contribution in [0.25, 0.3) is 0 Å². The normalized spacial score (nSPS) is 12.3. The van der Waals surface area contributed by atoms with Crippen molar-refractivity contribution in [1.29, 1.82) is 0 Å². The van der Waals surface area contributed by atoms with Gasteiger partial charge >= 0.3 is 25.0 Å². The van der Waals surface area contributed by atoms with Crippen LogP contribution in [0.4, 0.5) is 13.2 Å². The predicted molar refractivity (Wildman–Crippen MR) is 34.5 cm³/mol. The average Bonchev–Trinajstić information content (AvgIpc) is 1.76. The van der Waals surface area contributed by atoms with Crippen LogP contribution in [-0.4, -0.2) is 24.9 Å². The van der Waals surface area contributed by atoms with Crippen molar-refractivity contribution in [2.45, 2.75) is 25.4 Å². The van der Waals surface area contributed by atoms with E-state index in [9.17, 15) is 26.1 Å². The molecule has 0 aliphatic carbocycles. The van der Waals surface area contributed by atoms with Crippen LogP contribution in [0.5, 0.6) is 0 Å². The zero-order valence-electron chi connectivity index (χ0n) is 7.10. The van der Waals surface area contributed by atoms with E-state index in [4.69, 9.17) is 0 Å². The molecule has 8 heteroatoms. The first-order valence-electron chi connectivity index (χ1n) is 3.21. The van der Waals surface area contributed by atoms with E-state index < -0.39 is 28.5 Å². The van der Waals surface area contributed by atoms with Crippen molar-refractivity contribution in [1.82, 2.24) is 0 Å². The first-order chi connectivity index (χ1) is 5.21. The smallest absolute Gasteiger partial charge is 0.748 e. The molecule has 13 heavy (non-hydrogen) atoms. The van der Waals surface area contributed by atoms with Crippen LogP contribution in [0.3, 0.4) is 0 Å². The number of hydrogen-bond acceptors (Lipinski definition) is 3. The molecule has 0 N–H and O–H groups in total. The van der Waals surface area contributed by atoms with E-state index in [1.165, 1.54) is 0 Å². The van der Waals surface area contributed by atoms with Crippen LogP contribution >= 0.6 is 0 Å². The van der Waals surface area contributed by atoms with Gasteiger partial charge in [-0.1, -0.05) is 0 Å². The molecule has 74 valence electrons. The van der Waals surface area contributed by atoms with Crippen LogP contribution < -0.4 is 18.9 Å². The van der Waals surface area contributed by atoms with E-state index in [2.05, 4.69) is 0 Å². The van der Waals surface area contributed by atoms with Gasteiger partial charge in [0, 0.05) is 12.2 Å². The van der Waals surface area contributed by atoms with Crippen molar-refractivity contribution in [2.24, 2.45) is 0 Å². The molecule has 0 rings (SSSR count). The fourth-order valence-electron chi connectivity index (χ4n) is 0.604. The standard InChI is InChI=1S/C5H9F3O3S.Li/c6-5(7,8)3-1-2-4-12(9,10)11;/h1-4H2,(H,9,10,11);/q;+1/p-1. The third-order valence-corrected chi connectivity index (χ3v) is 1.89. The molecule has 0 aromatic heterocycles. The molecule has 0 spiro atoms. The van der Waals surface area contributed by atoms with E-state index in [1.807, 2.05) is 0 Å². The maximum atomic E-state index is 11.4. The maximum Gasteiger partial charge on any atom is 1.00 e. The summed E-state index contributed by atoms with van der Waals surface area (Å²) < 4.78 is 64.1. The third kappa shape index (κ3) is 15.1. The number of hydrogen-bond donors (Lipinski definition) is 0. The topological polar surface area (TPSA) is 57.2 Å². The van der Waals surface area contributed by atoms with Crippen LogP contribution in [0.1, 0.15) is 19.3 Å². The van der Waals surface area contributed by atoms with Gasteiger partial charge in [-0.3, -0.25) is 0 Å². The van der Waals surface area contributed by atoms with E-state index >= 15 is 0 Å². The van der Waals surface area contributed by atoms with E-state index in [-0.39, 0.29) is 31.7 Å². The van der Waals surface area contributed by atoms with E-state index in [0.29, 0.717) is 0 Å². The van der Waals surface area contributed by atoms with Gasteiger partial charge in [0.25, 0.3) is 0 Å². The first kappa shape index (κ1) is 15.8. The van der Waals surface area contributed by atoms with Crippen molar-refractivity contribution >= 4 is 10.1 Å². The second-order valence-corrected chi connectivity index (χ2v) is 3.86. The molecule has 0 saturated carbocycles. The average molecular weight is 212 g/mol. The Morgan fingerprint density at radius 2 is 1.62 bits per heavy atom. The van der Waals surface area contributed by atoms with Crippen molar-refractivity contribution in [2.75, 3.05) is 5.75 Å². The molecule has 0 aromatic carbocycles. The van der Waals surface area contributed by atoms with Crippen molar-refractivity contribution in [3.8, 4) is 0 Å². The fraction of sp³-hybridized carbons (Fsp3) is 1.00. The molecule has 0 heterocycles.